The quantitative estimate of drug-likeness (QED) is 0.671. The van der Waals surface area contributed by atoms with Crippen LogP contribution in [0, 0.1) is 6.92 Å². The number of carbonyl (C=O) groups is 1. The highest BCUT2D eigenvalue weighted by atomic mass is 32.2. The Kier molecular flexibility index (Phi) is 6.77. The van der Waals surface area contributed by atoms with Gasteiger partial charge >= 0.3 is 0 Å². The van der Waals surface area contributed by atoms with Crippen LogP contribution in [-0.4, -0.2) is 89.8 Å². The van der Waals surface area contributed by atoms with Gasteiger partial charge in [-0.15, -0.1) is 0 Å². The Morgan fingerprint density at radius 3 is 2.57 bits per heavy atom. The average molecular weight is 412 g/mol. The standard InChI is InChI=1S/C19H33N5O3S/c1-16-14-18(21(2)20-16)19(25)23-12-6-8-17(15-23)24(28(3,26)27)13-7-11-22-9-4-5-10-22/h14,17H,4-13,15H2,1-3H3. The zero-order valence-corrected chi connectivity index (χ0v) is 18.1. The molecule has 2 fully saturated rings. The largest absolute Gasteiger partial charge is 0.336 e. The number of hydrogen-bond donors (Lipinski definition) is 0. The first-order valence-corrected chi connectivity index (χ1v) is 12.1. The fourth-order valence-corrected chi connectivity index (χ4v) is 5.60. The van der Waals surface area contributed by atoms with E-state index in [2.05, 4.69) is 10.00 Å². The van der Waals surface area contributed by atoms with Gasteiger partial charge < -0.3 is 9.80 Å². The van der Waals surface area contributed by atoms with Crippen molar-refractivity contribution in [2.75, 3.05) is 45.5 Å². The van der Waals surface area contributed by atoms with Crippen molar-refractivity contribution in [1.29, 1.82) is 0 Å². The lowest BCUT2D eigenvalue weighted by molar-refractivity contribution is 0.0641. The zero-order valence-electron chi connectivity index (χ0n) is 17.3. The predicted octanol–water partition coefficient (Wildman–Crippen LogP) is 1.08. The van der Waals surface area contributed by atoms with Crippen molar-refractivity contribution in [3.63, 3.8) is 0 Å². The lowest BCUT2D eigenvalue weighted by Gasteiger charge is -2.38. The highest BCUT2D eigenvalue weighted by Crippen LogP contribution is 2.21. The molecule has 158 valence electrons. The Balaban J connectivity index is 1.64. The van der Waals surface area contributed by atoms with Crippen LogP contribution >= 0.6 is 0 Å². The summed E-state index contributed by atoms with van der Waals surface area (Å²) in [5.74, 6) is -0.0710. The first-order valence-electron chi connectivity index (χ1n) is 10.2. The molecular weight excluding hydrogens is 378 g/mol. The first kappa shape index (κ1) is 21.3. The van der Waals surface area contributed by atoms with Gasteiger partial charge in [0.25, 0.3) is 5.91 Å². The van der Waals surface area contributed by atoms with Crippen LogP contribution in [0.4, 0.5) is 0 Å². The van der Waals surface area contributed by atoms with Gasteiger partial charge in [-0.3, -0.25) is 9.48 Å². The van der Waals surface area contributed by atoms with Crippen LogP contribution in [0.1, 0.15) is 48.3 Å². The van der Waals surface area contributed by atoms with Crippen molar-refractivity contribution in [3.05, 3.63) is 17.5 Å². The van der Waals surface area contributed by atoms with Gasteiger partial charge in [0.1, 0.15) is 5.69 Å². The second-order valence-electron chi connectivity index (χ2n) is 8.12. The van der Waals surface area contributed by atoms with Crippen molar-refractivity contribution in [2.45, 2.75) is 45.1 Å². The van der Waals surface area contributed by atoms with E-state index in [9.17, 15) is 13.2 Å². The Morgan fingerprint density at radius 1 is 1.25 bits per heavy atom. The molecule has 28 heavy (non-hydrogen) atoms. The summed E-state index contributed by atoms with van der Waals surface area (Å²) in [6.45, 7) is 6.66. The van der Waals surface area contributed by atoms with E-state index in [-0.39, 0.29) is 11.9 Å². The molecule has 9 heteroatoms. The molecule has 0 spiro atoms. The Bertz CT molecular complexity index is 785. The normalized spacial score (nSPS) is 21.6. The molecule has 8 nitrogen and oxygen atoms in total. The molecule has 0 saturated carbocycles. The summed E-state index contributed by atoms with van der Waals surface area (Å²) in [6.07, 6.45) is 6.20. The summed E-state index contributed by atoms with van der Waals surface area (Å²) in [4.78, 5) is 17.1. The van der Waals surface area contributed by atoms with E-state index in [1.54, 1.807) is 27.0 Å². The van der Waals surface area contributed by atoms with E-state index in [4.69, 9.17) is 0 Å². The number of piperidine rings is 1. The van der Waals surface area contributed by atoms with Crippen LogP contribution in [0.25, 0.3) is 0 Å². The Hall–Kier alpha value is -1.45. The number of likely N-dealkylation sites (tertiary alicyclic amines) is 2. The third kappa shape index (κ3) is 5.12. The highest BCUT2D eigenvalue weighted by molar-refractivity contribution is 7.88. The molecule has 1 aromatic heterocycles. The monoisotopic (exact) mass is 411 g/mol. The molecule has 3 rings (SSSR count). The van der Waals surface area contributed by atoms with Gasteiger partial charge in [0.15, 0.2) is 0 Å². The van der Waals surface area contributed by atoms with Crippen molar-refractivity contribution in [1.82, 2.24) is 23.9 Å². The molecule has 0 radical (unpaired) electrons. The fourth-order valence-electron chi connectivity index (χ4n) is 4.42. The number of nitrogens with zero attached hydrogens (tertiary/aromatic N) is 5. The van der Waals surface area contributed by atoms with Gasteiger partial charge in [-0.2, -0.15) is 9.40 Å². The van der Waals surface area contributed by atoms with E-state index in [0.717, 1.165) is 44.6 Å². The minimum atomic E-state index is -3.32. The van der Waals surface area contributed by atoms with Gasteiger partial charge in [-0.25, -0.2) is 8.42 Å². The van der Waals surface area contributed by atoms with Crippen LogP contribution in [0.3, 0.4) is 0 Å². The lowest BCUT2D eigenvalue weighted by Crippen LogP contribution is -2.52. The molecule has 1 unspecified atom stereocenters. The first-order chi connectivity index (χ1) is 13.3. The SMILES string of the molecule is Cc1cc(C(=O)N2CCCC(N(CCCN3CCCC3)S(C)(=O)=O)C2)n(C)n1. The maximum Gasteiger partial charge on any atom is 0.272 e. The summed E-state index contributed by atoms with van der Waals surface area (Å²) in [5, 5.41) is 4.26. The van der Waals surface area contributed by atoms with Gasteiger partial charge in [-0.05, 0) is 64.7 Å². The summed E-state index contributed by atoms with van der Waals surface area (Å²) >= 11 is 0. The van der Waals surface area contributed by atoms with Crippen LogP contribution < -0.4 is 0 Å². The van der Waals surface area contributed by atoms with Crippen molar-refractivity contribution in [3.8, 4) is 0 Å². The third-order valence-corrected chi connectivity index (χ3v) is 7.12. The molecule has 2 aliphatic rings. The Labute approximate surface area is 168 Å². The van der Waals surface area contributed by atoms with Crippen molar-refractivity contribution < 1.29 is 13.2 Å². The van der Waals surface area contributed by atoms with Crippen molar-refractivity contribution >= 4 is 15.9 Å². The minimum absolute atomic E-state index is 0.0710. The number of hydrogen-bond acceptors (Lipinski definition) is 5. The number of aromatic nitrogens is 2. The molecule has 1 aromatic rings. The number of aryl methyl sites for hydroxylation is 2. The lowest BCUT2D eigenvalue weighted by atomic mass is 10.0. The van der Waals surface area contributed by atoms with E-state index in [1.807, 2.05) is 6.92 Å². The molecule has 1 amide bonds. The van der Waals surface area contributed by atoms with Gasteiger partial charge in [-0.1, -0.05) is 0 Å². The molecule has 0 aliphatic carbocycles. The van der Waals surface area contributed by atoms with E-state index < -0.39 is 10.0 Å². The fraction of sp³-hybridized carbons (Fsp3) is 0.789. The van der Waals surface area contributed by atoms with E-state index in [1.165, 1.54) is 19.1 Å². The summed E-state index contributed by atoms with van der Waals surface area (Å²) in [7, 11) is -1.55. The molecule has 0 N–H and O–H groups in total. The second kappa shape index (κ2) is 8.92. The van der Waals surface area contributed by atoms with Crippen LogP contribution in [0.15, 0.2) is 6.07 Å². The van der Waals surface area contributed by atoms with Gasteiger partial charge in [0, 0.05) is 32.7 Å². The maximum atomic E-state index is 12.9. The summed E-state index contributed by atoms with van der Waals surface area (Å²) in [6, 6.07) is 1.64. The number of sulfonamides is 1. The number of rotatable bonds is 7. The number of carbonyl (C=O) groups excluding carboxylic acids is 1. The minimum Gasteiger partial charge on any atom is -0.336 e. The molecule has 0 aromatic carbocycles. The molecule has 1 atom stereocenters. The molecule has 2 aliphatic heterocycles. The summed E-state index contributed by atoms with van der Waals surface area (Å²) < 4.78 is 28.1. The second-order valence-corrected chi connectivity index (χ2v) is 10.1. The molecule has 0 bridgehead atoms. The Morgan fingerprint density at radius 2 is 1.96 bits per heavy atom. The topological polar surface area (TPSA) is 78.8 Å². The smallest absolute Gasteiger partial charge is 0.272 e. The van der Waals surface area contributed by atoms with E-state index in [0.29, 0.717) is 25.3 Å². The average Bonchev–Trinajstić information content (AvgIpc) is 3.26. The zero-order chi connectivity index (χ0) is 20.3. The highest BCUT2D eigenvalue weighted by Gasteiger charge is 2.33. The summed E-state index contributed by atoms with van der Waals surface area (Å²) in [5.41, 5.74) is 1.36. The van der Waals surface area contributed by atoms with Crippen LogP contribution in [-0.2, 0) is 17.1 Å². The van der Waals surface area contributed by atoms with E-state index >= 15 is 0 Å². The van der Waals surface area contributed by atoms with Crippen LogP contribution in [0.2, 0.25) is 0 Å². The maximum absolute atomic E-state index is 12.9. The number of amides is 1. The predicted molar refractivity (Wildman–Crippen MR) is 109 cm³/mol. The molecular formula is C19H33N5O3S. The third-order valence-electron chi connectivity index (χ3n) is 5.79. The van der Waals surface area contributed by atoms with Crippen molar-refractivity contribution in [2.24, 2.45) is 7.05 Å². The van der Waals surface area contributed by atoms with Crippen LogP contribution in [0.5, 0.6) is 0 Å². The molecule has 3 heterocycles. The van der Waals surface area contributed by atoms with Gasteiger partial charge in [0.05, 0.1) is 11.9 Å². The molecule has 2 saturated heterocycles. The van der Waals surface area contributed by atoms with Gasteiger partial charge in [0.2, 0.25) is 10.0 Å².